The minimum atomic E-state index is 0.425. The number of ether oxygens (including phenoxy) is 2. The monoisotopic (exact) mass is 296 g/mol. The van der Waals surface area contributed by atoms with Crippen molar-refractivity contribution in [1.29, 1.82) is 0 Å². The molecule has 0 spiro atoms. The zero-order valence-electron chi connectivity index (χ0n) is 13.7. The van der Waals surface area contributed by atoms with E-state index in [1.807, 2.05) is 0 Å². The van der Waals surface area contributed by atoms with Gasteiger partial charge < -0.3 is 14.8 Å². The number of morpholine rings is 1. The summed E-state index contributed by atoms with van der Waals surface area (Å²) in [4.78, 5) is 2.65. The number of nitrogens with one attached hydrogen (secondary N) is 1. The third-order valence-electron chi connectivity index (χ3n) is 5.16. The van der Waals surface area contributed by atoms with E-state index in [-0.39, 0.29) is 0 Å². The van der Waals surface area contributed by atoms with Crippen molar-refractivity contribution < 1.29 is 9.47 Å². The topological polar surface area (TPSA) is 33.7 Å². The van der Waals surface area contributed by atoms with Crippen LogP contribution < -0.4 is 5.32 Å². The third-order valence-corrected chi connectivity index (χ3v) is 5.16. The maximum Gasteiger partial charge on any atom is 0.0730 e. The summed E-state index contributed by atoms with van der Waals surface area (Å²) in [5.74, 6) is 0.717. The lowest BCUT2D eigenvalue weighted by molar-refractivity contribution is -0.0739. The Balaban J connectivity index is 1.40. The number of fused-ring (bicyclic) bond motifs is 1. The molecule has 0 aromatic rings. The molecule has 0 aromatic carbocycles. The summed E-state index contributed by atoms with van der Waals surface area (Å²) in [6.07, 6.45) is 7.72. The van der Waals surface area contributed by atoms with Crippen LogP contribution in [0.25, 0.3) is 0 Å². The number of nitrogens with zero attached hydrogens (tertiary/aromatic N) is 1. The Morgan fingerprint density at radius 2 is 2.00 bits per heavy atom. The highest BCUT2D eigenvalue weighted by molar-refractivity contribution is 4.91. The average molecular weight is 296 g/mol. The summed E-state index contributed by atoms with van der Waals surface area (Å²) >= 11 is 0. The second-order valence-corrected chi connectivity index (χ2v) is 7.41. The van der Waals surface area contributed by atoms with E-state index in [1.54, 1.807) is 0 Å². The minimum absolute atomic E-state index is 0.425. The molecule has 2 heterocycles. The van der Waals surface area contributed by atoms with E-state index in [9.17, 15) is 0 Å². The third kappa shape index (κ3) is 4.19. The summed E-state index contributed by atoms with van der Waals surface area (Å²) < 4.78 is 12.2. The molecule has 2 aliphatic heterocycles. The second kappa shape index (κ2) is 7.40. The van der Waals surface area contributed by atoms with Gasteiger partial charge in [-0.3, -0.25) is 4.90 Å². The largest absolute Gasteiger partial charge is 0.375 e. The van der Waals surface area contributed by atoms with E-state index in [4.69, 9.17) is 9.47 Å². The lowest BCUT2D eigenvalue weighted by Gasteiger charge is -2.38. The molecule has 4 unspecified atom stereocenters. The molecule has 4 nitrogen and oxygen atoms in total. The van der Waals surface area contributed by atoms with E-state index in [2.05, 4.69) is 24.1 Å². The van der Waals surface area contributed by atoms with Crippen molar-refractivity contribution in [1.82, 2.24) is 10.2 Å². The molecule has 1 aliphatic carbocycles. The molecule has 2 saturated heterocycles. The summed E-state index contributed by atoms with van der Waals surface area (Å²) in [6.45, 7) is 9.74. The Hall–Kier alpha value is -0.160. The van der Waals surface area contributed by atoms with Gasteiger partial charge in [0.1, 0.15) is 0 Å². The molecule has 21 heavy (non-hydrogen) atoms. The van der Waals surface area contributed by atoms with Crippen molar-refractivity contribution in [2.45, 2.75) is 70.3 Å². The van der Waals surface area contributed by atoms with E-state index >= 15 is 0 Å². The van der Waals surface area contributed by atoms with Gasteiger partial charge in [-0.2, -0.15) is 0 Å². The molecule has 0 aromatic heterocycles. The summed E-state index contributed by atoms with van der Waals surface area (Å²) in [5.41, 5.74) is 0. The lowest BCUT2D eigenvalue weighted by Crippen LogP contribution is -2.51. The van der Waals surface area contributed by atoms with Crippen molar-refractivity contribution in [3.63, 3.8) is 0 Å². The molecule has 3 fully saturated rings. The Labute approximate surface area is 129 Å². The molecule has 0 radical (unpaired) electrons. The van der Waals surface area contributed by atoms with Crippen LogP contribution >= 0.6 is 0 Å². The van der Waals surface area contributed by atoms with Gasteiger partial charge in [0.15, 0.2) is 0 Å². The fourth-order valence-corrected chi connectivity index (χ4v) is 4.09. The highest BCUT2D eigenvalue weighted by Crippen LogP contribution is 2.31. The molecule has 4 atom stereocenters. The van der Waals surface area contributed by atoms with Gasteiger partial charge >= 0.3 is 0 Å². The van der Waals surface area contributed by atoms with Gasteiger partial charge in [-0.1, -0.05) is 13.8 Å². The van der Waals surface area contributed by atoms with Gasteiger partial charge in [0, 0.05) is 25.7 Å². The van der Waals surface area contributed by atoms with Crippen LogP contribution in [0.1, 0.15) is 46.0 Å². The summed E-state index contributed by atoms with van der Waals surface area (Å²) in [7, 11) is 0. The maximum absolute atomic E-state index is 6.25. The van der Waals surface area contributed by atoms with Gasteiger partial charge in [0.2, 0.25) is 0 Å². The quantitative estimate of drug-likeness (QED) is 0.813. The average Bonchev–Trinajstić information content (AvgIpc) is 3.08. The molecular weight excluding hydrogens is 264 g/mol. The predicted octanol–water partition coefficient (Wildman–Crippen LogP) is 2.03. The van der Waals surface area contributed by atoms with Gasteiger partial charge in [-0.25, -0.2) is 0 Å². The van der Waals surface area contributed by atoms with Crippen LogP contribution in [-0.2, 0) is 9.47 Å². The van der Waals surface area contributed by atoms with Crippen LogP contribution in [0.2, 0.25) is 0 Å². The lowest BCUT2D eigenvalue weighted by atomic mass is 10.1. The Morgan fingerprint density at radius 3 is 2.86 bits per heavy atom. The van der Waals surface area contributed by atoms with Crippen LogP contribution in [0, 0.1) is 5.92 Å². The molecule has 3 aliphatic rings. The summed E-state index contributed by atoms with van der Waals surface area (Å²) in [5, 5.41) is 3.53. The second-order valence-electron chi connectivity index (χ2n) is 7.41. The zero-order valence-corrected chi connectivity index (χ0v) is 13.7. The maximum atomic E-state index is 6.25. The van der Waals surface area contributed by atoms with Gasteiger partial charge in [-0.05, 0) is 44.6 Å². The van der Waals surface area contributed by atoms with Crippen molar-refractivity contribution >= 4 is 0 Å². The molecule has 0 amide bonds. The predicted molar refractivity (Wildman–Crippen MR) is 84.6 cm³/mol. The fraction of sp³-hybridized carbons (Fsp3) is 1.00. The molecule has 122 valence electrons. The normalized spacial score (nSPS) is 37.3. The first kappa shape index (κ1) is 15.7. The SMILES string of the molecule is CC(C)CNCC1CCC(CN2CCOC3CCCC32)O1. The Kier molecular flexibility index (Phi) is 5.54. The van der Waals surface area contributed by atoms with E-state index in [0.717, 1.165) is 38.7 Å². The van der Waals surface area contributed by atoms with Crippen LogP contribution in [0.3, 0.4) is 0 Å². The van der Waals surface area contributed by atoms with Crippen LogP contribution in [0.4, 0.5) is 0 Å². The van der Waals surface area contributed by atoms with Gasteiger partial charge in [-0.15, -0.1) is 0 Å². The van der Waals surface area contributed by atoms with Crippen LogP contribution in [-0.4, -0.2) is 62.0 Å². The van der Waals surface area contributed by atoms with Crippen LogP contribution in [0.15, 0.2) is 0 Å². The summed E-state index contributed by atoms with van der Waals surface area (Å²) in [6, 6.07) is 0.667. The number of hydrogen-bond acceptors (Lipinski definition) is 4. The van der Waals surface area contributed by atoms with Gasteiger partial charge in [0.05, 0.1) is 24.9 Å². The van der Waals surface area contributed by atoms with Crippen molar-refractivity contribution in [3.8, 4) is 0 Å². The zero-order chi connectivity index (χ0) is 14.7. The van der Waals surface area contributed by atoms with E-state index < -0.39 is 0 Å². The first-order valence-corrected chi connectivity index (χ1v) is 8.94. The molecule has 1 N–H and O–H groups in total. The first-order chi connectivity index (χ1) is 10.2. The van der Waals surface area contributed by atoms with Gasteiger partial charge in [0.25, 0.3) is 0 Å². The van der Waals surface area contributed by atoms with Crippen LogP contribution in [0.5, 0.6) is 0 Å². The van der Waals surface area contributed by atoms with Crippen molar-refractivity contribution in [2.24, 2.45) is 5.92 Å². The van der Waals surface area contributed by atoms with E-state index in [1.165, 1.54) is 32.1 Å². The smallest absolute Gasteiger partial charge is 0.0730 e. The molecular formula is C17H32N2O2. The minimum Gasteiger partial charge on any atom is -0.375 e. The molecule has 0 bridgehead atoms. The van der Waals surface area contributed by atoms with Crippen molar-refractivity contribution in [3.05, 3.63) is 0 Å². The molecule has 3 rings (SSSR count). The number of hydrogen-bond donors (Lipinski definition) is 1. The number of rotatable bonds is 6. The highest BCUT2D eigenvalue weighted by atomic mass is 16.5. The Bertz CT molecular complexity index is 324. The molecule has 4 heteroatoms. The van der Waals surface area contributed by atoms with E-state index in [0.29, 0.717) is 24.4 Å². The Morgan fingerprint density at radius 1 is 1.14 bits per heavy atom. The highest BCUT2D eigenvalue weighted by Gasteiger charge is 2.38. The van der Waals surface area contributed by atoms with Crippen molar-refractivity contribution in [2.75, 3.05) is 32.8 Å². The standard InChI is InChI=1S/C17H32N2O2/c1-13(2)10-18-11-14-6-7-15(21-14)12-19-8-9-20-17-5-3-4-16(17)19/h13-18H,3-12H2,1-2H3. The first-order valence-electron chi connectivity index (χ1n) is 8.94. The molecule has 1 saturated carbocycles. The fourth-order valence-electron chi connectivity index (χ4n) is 4.09.